The number of hydrogen-bond donors (Lipinski definition) is 3. The number of carbonyl (C=O) groups is 1. The van der Waals surface area contributed by atoms with Crippen LogP contribution in [0.25, 0.3) is 10.4 Å². The zero-order chi connectivity index (χ0) is 31.0. The number of azide groups is 1. The number of methoxy groups -OCH3 is 1. The Morgan fingerprint density at radius 2 is 2.10 bits per heavy atom. The lowest BCUT2D eigenvalue weighted by atomic mass is 10.1. The molecule has 0 bridgehead atoms. The molecule has 228 valence electrons. The van der Waals surface area contributed by atoms with E-state index in [4.69, 9.17) is 29.2 Å². The molecule has 1 fully saturated rings. The molecule has 1 aromatic carbocycles. The van der Waals surface area contributed by atoms with Crippen molar-refractivity contribution in [1.82, 2.24) is 9.55 Å². The van der Waals surface area contributed by atoms with E-state index >= 15 is 0 Å². The maximum absolute atomic E-state index is 12.8. The summed E-state index contributed by atoms with van der Waals surface area (Å²) < 4.78 is 32.1. The van der Waals surface area contributed by atoms with Gasteiger partial charge in [-0.05, 0) is 43.0 Å². The summed E-state index contributed by atoms with van der Waals surface area (Å²) in [4.78, 5) is 43.8. The smallest absolute Gasteiger partial charge is 0.395 e. The molecule has 0 saturated carbocycles. The minimum atomic E-state index is -2.80. The molecule has 2 heterocycles. The number of ether oxygens (including phenoxy) is 4. The third-order valence-electron chi connectivity index (χ3n) is 5.99. The van der Waals surface area contributed by atoms with E-state index in [0.717, 1.165) is 4.57 Å². The summed E-state index contributed by atoms with van der Waals surface area (Å²) in [5.74, 6) is -0.597. The lowest BCUT2D eigenvalue weighted by molar-refractivity contribution is -0.170. The average molecular weight is 610 g/mol. The Balaban J connectivity index is 1.90. The zero-order valence-corrected chi connectivity index (χ0v) is 24.2. The number of aliphatic hydroxyl groups excluding tert-OH is 2. The molecule has 1 saturated heterocycles. The van der Waals surface area contributed by atoms with Gasteiger partial charge in [-0.25, -0.2) is 9.59 Å². The number of aliphatic hydroxyl groups is 2. The van der Waals surface area contributed by atoms with E-state index < -0.39 is 56.6 Å². The summed E-state index contributed by atoms with van der Waals surface area (Å²) in [6.07, 6.45) is -3.68. The first-order valence-corrected chi connectivity index (χ1v) is 13.9. The van der Waals surface area contributed by atoms with Crippen molar-refractivity contribution in [3.05, 3.63) is 51.4 Å². The van der Waals surface area contributed by atoms with Gasteiger partial charge in [0.05, 0.1) is 13.7 Å². The lowest BCUT2D eigenvalue weighted by Gasteiger charge is -2.26. The molecule has 0 aliphatic carbocycles. The summed E-state index contributed by atoms with van der Waals surface area (Å²) in [6, 6.07) is 4.43. The van der Waals surface area contributed by atoms with E-state index in [1.54, 1.807) is 6.92 Å². The molecule has 1 aliphatic heterocycles. The highest BCUT2D eigenvalue weighted by molar-refractivity contribution is 7.34. The summed E-state index contributed by atoms with van der Waals surface area (Å²) in [5, 5.41) is 25.0. The molecule has 4 N–H and O–H groups in total. The fourth-order valence-electron chi connectivity index (χ4n) is 4.00. The molecule has 17 nitrogen and oxygen atoms in total. The molecular formula is C24H32N7O10P. The van der Waals surface area contributed by atoms with Crippen LogP contribution in [-0.2, 0) is 14.3 Å². The van der Waals surface area contributed by atoms with Crippen molar-refractivity contribution in [3.63, 3.8) is 0 Å². The van der Waals surface area contributed by atoms with Gasteiger partial charge in [-0.2, -0.15) is 4.98 Å². The van der Waals surface area contributed by atoms with Crippen molar-refractivity contribution < 1.29 is 43.4 Å². The molecule has 3 rings (SSSR count). The Hall–Kier alpha value is -3.98. The summed E-state index contributed by atoms with van der Waals surface area (Å²) in [7, 11) is -1.42. The molecule has 1 unspecified atom stereocenters. The van der Waals surface area contributed by atoms with E-state index in [-0.39, 0.29) is 42.0 Å². The van der Waals surface area contributed by atoms with Crippen LogP contribution in [0, 0.1) is 5.92 Å². The predicted molar refractivity (Wildman–Crippen MR) is 145 cm³/mol. The number of rotatable bonds is 13. The highest BCUT2D eigenvalue weighted by atomic mass is 31.1. The highest BCUT2D eigenvalue weighted by Gasteiger charge is 2.56. The van der Waals surface area contributed by atoms with Crippen molar-refractivity contribution in [3.8, 4) is 17.2 Å². The number of aromatic nitrogens is 2. The van der Waals surface area contributed by atoms with Crippen LogP contribution in [0.5, 0.6) is 17.2 Å². The van der Waals surface area contributed by atoms with Crippen molar-refractivity contribution in [1.29, 1.82) is 0 Å². The van der Waals surface area contributed by atoms with E-state index in [2.05, 4.69) is 19.8 Å². The topological polar surface area (TPSA) is 249 Å². The van der Waals surface area contributed by atoms with Crippen molar-refractivity contribution in [2.24, 2.45) is 15.8 Å². The lowest BCUT2D eigenvalue weighted by Crippen LogP contribution is -2.46. The van der Waals surface area contributed by atoms with Crippen LogP contribution in [-0.4, -0.2) is 70.0 Å². The standard InChI is InChI=1S/C24H32N7O10P/c1-5-38-22(34)15(10-13(2)3)28-42(36)41-16-7-6-14(37-4)11-17(16)39-12-24(29-30-26)20(33)19(32)21(40-24)31-9-8-18(25)27-23(31)35/h6-9,11,13,15,19-21,32-33H,5,10,12H2,1-4H3,(H2,25,27,35)/t15-,19+,20-,21+,24+/m0/s1. The molecule has 18 heteroatoms. The summed E-state index contributed by atoms with van der Waals surface area (Å²) in [6.45, 7) is 4.79. The van der Waals surface area contributed by atoms with E-state index in [0.29, 0.717) is 0 Å². The van der Waals surface area contributed by atoms with Crippen LogP contribution >= 0.6 is 8.17 Å². The molecule has 1 aromatic heterocycles. The van der Waals surface area contributed by atoms with Crippen LogP contribution in [0.15, 0.2) is 45.1 Å². The van der Waals surface area contributed by atoms with Gasteiger partial charge in [-0.15, -0.1) is 0 Å². The first-order valence-electron chi connectivity index (χ1n) is 12.7. The second kappa shape index (κ2) is 14.3. The molecular weight excluding hydrogens is 577 g/mol. The zero-order valence-electron chi connectivity index (χ0n) is 23.3. The molecule has 0 radical (unpaired) electrons. The SMILES string of the molecule is CCOC(=O)[C@H](CC(C)C)N=[P+]([O-])Oc1ccc(OC)cc1OC[C@@]1(N=[N+]=[N-])O[C@@H](n2ccc(N)nc2=O)[C@H](O)[C@@H]1O. The second-order valence-electron chi connectivity index (χ2n) is 9.46. The number of benzene rings is 1. The van der Waals surface area contributed by atoms with Crippen LogP contribution < -0.4 is 30.3 Å². The van der Waals surface area contributed by atoms with E-state index in [9.17, 15) is 30.2 Å². The third-order valence-corrected chi connectivity index (χ3v) is 6.81. The highest BCUT2D eigenvalue weighted by Crippen LogP contribution is 2.41. The molecule has 42 heavy (non-hydrogen) atoms. The maximum Gasteiger partial charge on any atom is 0.395 e. The quantitative estimate of drug-likeness (QED) is 0.0958. The van der Waals surface area contributed by atoms with Gasteiger partial charge >= 0.3 is 19.8 Å². The van der Waals surface area contributed by atoms with Gasteiger partial charge in [-0.1, -0.05) is 23.7 Å². The normalized spacial score (nSPS) is 22.8. The Morgan fingerprint density at radius 3 is 2.71 bits per heavy atom. The predicted octanol–water partition coefficient (Wildman–Crippen LogP) is 1.38. The molecule has 6 atom stereocenters. The monoisotopic (exact) mass is 609 g/mol. The fourth-order valence-corrected chi connectivity index (χ4v) is 4.78. The maximum atomic E-state index is 12.8. The number of anilines is 1. The number of nitrogens with two attached hydrogens (primary N) is 1. The third kappa shape index (κ3) is 7.64. The number of hydrogen-bond acceptors (Lipinski definition) is 14. The molecule has 1 aliphatic rings. The van der Waals surface area contributed by atoms with Gasteiger partial charge in [0, 0.05) is 17.2 Å². The second-order valence-corrected chi connectivity index (χ2v) is 10.4. The van der Waals surface area contributed by atoms with Gasteiger partial charge in [0.15, 0.2) is 18.0 Å². The van der Waals surface area contributed by atoms with Crippen LogP contribution in [0.2, 0.25) is 0 Å². The number of esters is 1. The van der Waals surface area contributed by atoms with Gasteiger partial charge in [0.1, 0.15) is 30.4 Å². The average Bonchev–Trinajstić information content (AvgIpc) is 3.17. The van der Waals surface area contributed by atoms with Crippen LogP contribution in [0.3, 0.4) is 0 Å². The fraction of sp³-hybridized carbons (Fsp3) is 0.542. The largest absolute Gasteiger partial charge is 0.575 e. The van der Waals surface area contributed by atoms with Crippen molar-refractivity contribution in [2.45, 2.75) is 57.4 Å². The van der Waals surface area contributed by atoms with Gasteiger partial charge < -0.3 is 39.8 Å². The number of nitrogen functional groups attached to an aromatic ring is 1. The minimum absolute atomic E-state index is 0.0419. The molecule has 0 amide bonds. The van der Waals surface area contributed by atoms with Gasteiger partial charge in [0.25, 0.3) is 0 Å². The number of carbonyl (C=O) groups excluding carboxylic acids is 1. The van der Waals surface area contributed by atoms with E-state index in [1.165, 1.54) is 37.6 Å². The summed E-state index contributed by atoms with van der Waals surface area (Å²) >= 11 is 0. The Kier molecular flexibility index (Phi) is 11.1. The van der Waals surface area contributed by atoms with Crippen molar-refractivity contribution in [2.75, 3.05) is 26.1 Å². The van der Waals surface area contributed by atoms with Gasteiger partial charge in [0.2, 0.25) is 11.5 Å². The molecule has 0 spiro atoms. The summed E-state index contributed by atoms with van der Waals surface area (Å²) in [5.41, 5.74) is 11.6. The van der Waals surface area contributed by atoms with Crippen LogP contribution in [0.1, 0.15) is 33.4 Å². The Morgan fingerprint density at radius 1 is 1.36 bits per heavy atom. The first kappa shape index (κ1) is 32.5. The minimum Gasteiger partial charge on any atom is -0.575 e. The van der Waals surface area contributed by atoms with Gasteiger partial charge in [-0.3, -0.25) is 9.09 Å². The first-order chi connectivity index (χ1) is 19.9. The number of nitrogens with zero attached hydrogens (tertiary/aromatic N) is 6. The Bertz CT molecular complexity index is 1400. The molecule has 2 aromatic rings. The van der Waals surface area contributed by atoms with Crippen molar-refractivity contribution >= 4 is 20.0 Å². The van der Waals surface area contributed by atoms with E-state index in [1.807, 2.05) is 13.8 Å². The van der Waals surface area contributed by atoms with Crippen LogP contribution in [0.4, 0.5) is 5.82 Å². The Labute approximate surface area is 241 Å².